The molecule has 0 aliphatic rings. The molecule has 2 aromatic rings. The van der Waals surface area contributed by atoms with Crippen LogP contribution in [0.25, 0.3) is 0 Å². The maximum Gasteiger partial charge on any atom is 0.269 e. The van der Waals surface area contributed by atoms with Crippen molar-refractivity contribution in [1.29, 1.82) is 0 Å². The summed E-state index contributed by atoms with van der Waals surface area (Å²) in [5.41, 5.74) is 1.60. The average molecular weight is 258 g/mol. The van der Waals surface area contributed by atoms with E-state index in [-0.39, 0.29) is 17.5 Å². The first kappa shape index (κ1) is 12.9. The summed E-state index contributed by atoms with van der Waals surface area (Å²) in [4.78, 5) is 10.1. The number of phenols is 1. The highest BCUT2D eigenvalue weighted by Gasteiger charge is 2.10. The molecule has 0 aliphatic carbocycles. The van der Waals surface area contributed by atoms with Gasteiger partial charge in [-0.25, -0.2) is 0 Å². The van der Waals surface area contributed by atoms with Gasteiger partial charge in [-0.15, -0.1) is 0 Å². The number of para-hydroxylation sites is 1. The van der Waals surface area contributed by atoms with Gasteiger partial charge in [0, 0.05) is 23.4 Å². The molecular weight excluding hydrogens is 244 g/mol. The number of rotatable bonds is 4. The molecule has 0 heterocycles. The minimum Gasteiger partial charge on any atom is -0.508 e. The van der Waals surface area contributed by atoms with Gasteiger partial charge in [-0.3, -0.25) is 10.1 Å². The molecular formula is C14H14N2O3. The number of nitrogens with zero attached hydrogens (tertiary/aromatic N) is 1. The molecule has 1 unspecified atom stereocenters. The van der Waals surface area contributed by atoms with E-state index in [1.807, 2.05) is 19.1 Å². The molecule has 0 saturated carbocycles. The van der Waals surface area contributed by atoms with Gasteiger partial charge in [-0.2, -0.15) is 0 Å². The molecule has 5 nitrogen and oxygen atoms in total. The first-order valence-electron chi connectivity index (χ1n) is 5.87. The van der Waals surface area contributed by atoms with E-state index in [1.54, 1.807) is 24.3 Å². The molecule has 98 valence electrons. The Balaban J connectivity index is 2.13. The van der Waals surface area contributed by atoms with Gasteiger partial charge < -0.3 is 10.4 Å². The van der Waals surface area contributed by atoms with Gasteiger partial charge >= 0.3 is 0 Å². The van der Waals surface area contributed by atoms with Gasteiger partial charge in [-0.05, 0) is 25.1 Å². The van der Waals surface area contributed by atoms with Crippen LogP contribution < -0.4 is 5.32 Å². The lowest BCUT2D eigenvalue weighted by Crippen LogP contribution is -2.06. The largest absolute Gasteiger partial charge is 0.508 e. The predicted molar refractivity (Wildman–Crippen MR) is 73.2 cm³/mol. The van der Waals surface area contributed by atoms with Gasteiger partial charge in [0.05, 0.1) is 11.0 Å². The van der Waals surface area contributed by atoms with Gasteiger partial charge in [-0.1, -0.05) is 18.2 Å². The predicted octanol–water partition coefficient (Wildman–Crippen LogP) is 3.47. The van der Waals surface area contributed by atoms with Crippen molar-refractivity contribution in [2.45, 2.75) is 13.0 Å². The number of aromatic hydroxyl groups is 1. The second-order valence-electron chi connectivity index (χ2n) is 4.23. The molecule has 1 atom stereocenters. The highest BCUT2D eigenvalue weighted by Crippen LogP contribution is 2.27. The van der Waals surface area contributed by atoms with Crippen LogP contribution >= 0.6 is 0 Å². The Labute approximate surface area is 110 Å². The number of hydrogen-bond acceptors (Lipinski definition) is 4. The molecule has 5 heteroatoms. The Kier molecular flexibility index (Phi) is 3.66. The van der Waals surface area contributed by atoms with Crippen molar-refractivity contribution in [3.8, 4) is 5.75 Å². The topological polar surface area (TPSA) is 75.4 Å². The normalized spacial score (nSPS) is 11.8. The Morgan fingerprint density at radius 3 is 2.37 bits per heavy atom. The van der Waals surface area contributed by atoms with Crippen LogP contribution in [-0.4, -0.2) is 10.0 Å². The number of non-ortho nitro benzene ring substituents is 1. The molecule has 0 aromatic heterocycles. The van der Waals surface area contributed by atoms with Crippen molar-refractivity contribution in [2.75, 3.05) is 5.32 Å². The summed E-state index contributed by atoms with van der Waals surface area (Å²) in [5, 5.41) is 23.5. The minimum atomic E-state index is -0.434. The fraction of sp³-hybridized carbons (Fsp3) is 0.143. The van der Waals surface area contributed by atoms with Crippen LogP contribution in [-0.2, 0) is 0 Å². The summed E-state index contributed by atoms with van der Waals surface area (Å²) in [6, 6.07) is 13.2. The molecule has 19 heavy (non-hydrogen) atoms. The monoisotopic (exact) mass is 258 g/mol. The average Bonchev–Trinajstić information content (AvgIpc) is 2.39. The van der Waals surface area contributed by atoms with E-state index in [2.05, 4.69) is 5.32 Å². The molecule has 0 radical (unpaired) electrons. The summed E-state index contributed by atoms with van der Waals surface area (Å²) in [6.45, 7) is 1.91. The number of benzene rings is 2. The zero-order chi connectivity index (χ0) is 13.8. The van der Waals surface area contributed by atoms with E-state index in [0.29, 0.717) is 0 Å². The smallest absolute Gasteiger partial charge is 0.269 e. The third-order valence-electron chi connectivity index (χ3n) is 2.86. The first-order valence-corrected chi connectivity index (χ1v) is 5.87. The van der Waals surface area contributed by atoms with Gasteiger partial charge in [0.2, 0.25) is 0 Å². The van der Waals surface area contributed by atoms with Gasteiger partial charge in [0.15, 0.2) is 0 Å². The first-order chi connectivity index (χ1) is 9.08. The summed E-state index contributed by atoms with van der Waals surface area (Å²) < 4.78 is 0. The van der Waals surface area contributed by atoms with Crippen LogP contribution in [0.15, 0.2) is 48.5 Å². The highest BCUT2D eigenvalue weighted by molar-refractivity contribution is 5.51. The molecule has 0 spiro atoms. The number of anilines is 1. The summed E-state index contributed by atoms with van der Waals surface area (Å²) in [7, 11) is 0. The number of hydrogen-bond donors (Lipinski definition) is 2. The van der Waals surface area contributed by atoms with E-state index in [9.17, 15) is 15.2 Å². The Morgan fingerprint density at radius 2 is 1.79 bits per heavy atom. The summed E-state index contributed by atoms with van der Waals surface area (Å²) >= 11 is 0. The number of nitrogens with one attached hydrogen (secondary N) is 1. The van der Waals surface area contributed by atoms with Crippen molar-refractivity contribution in [2.24, 2.45) is 0 Å². The molecule has 0 amide bonds. The van der Waals surface area contributed by atoms with Crippen LogP contribution in [0.1, 0.15) is 18.5 Å². The third-order valence-corrected chi connectivity index (χ3v) is 2.86. The van der Waals surface area contributed by atoms with Crippen molar-refractivity contribution in [3.05, 3.63) is 64.2 Å². The maximum atomic E-state index is 10.6. The van der Waals surface area contributed by atoms with Crippen LogP contribution in [0, 0.1) is 10.1 Å². The highest BCUT2D eigenvalue weighted by atomic mass is 16.6. The Hall–Kier alpha value is -2.56. The van der Waals surface area contributed by atoms with Crippen molar-refractivity contribution in [1.82, 2.24) is 0 Å². The van der Waals surface area contributed by atoms with Crippen LogP contribution in [0.3, 0.4) is 0 Å². The van der Waals surface area contributed by atoms with E-state index in [4.69, 9.17) is 0 Å². The lowest BCUT2D eigenvalue weighted by Gasteiger charge is -2.16. The third kappa shape index (κ3) is 3.01. The minimum absolute atomic E-state index is 0.0563. The second kappa shape index (κ2) is 5.39. The number of nitro benzene ring substituents is 1. The molecule has 2 aromatic carbocycles. The van der Waals surface area contributed by atoms with Gasteiger partial charge in [0.1, 0.15) is 5.75 Å². The standard InChI is InChI=1S/C14H14N2O3/c1-10(13-4-2-3-5-14(13)17)15-11-6-8-12(9-7-11)16(18)19/h2-10,15,17H,1H3. The molecule has 0 aliphatic heterocycles. The summed E-state index contributed by atoms with van der Waals surface area (Å²) in [5.74, 6) is 0.226. The molecule has 2 N–H and O–H groups in total. The van der Waals surface area contributed by atoms with Gasteiger partial charge in [0.25, 0.3) is 5.69 Å². The zero-order valence-corrected chi connectivity index (χ0v) is 10.4. The molecule has 2 rings (SSSR count). The van der Waals surface area contributed by atoms with E-state index >= 15 is 0 Å². The van der Waals surface area contributed by atoms with Crippen LogP contribution in [0.2, 0.25) is 0 Å². The lowest BCUT2D eigenvalue weighted by atomic mass is 10.1. The van der Waals surface area contributed by atoms with Crippen LogP contribution in [0.4, 0.5) is 11.4 Å². The number of phenolic OH excluding ortho intramolecular Hbond substituents is 1. The SMILES string of the molecule is CC(Nc1ccc([N+](=O)[O-])cc1)c1ccccc1O. The van der Waals surface area contributed by atoms with E-state index in [1.165, 1.54) is 12.1 Å². The zero-order valence-electron chi connectivity index (χ0n) is 10.4. The number of nitro groups is 1. The fourth-order valence-electron chi connectivity index (χ4n) is 1.86. The van der Waals surface area contributed by atoms with E-state index < -0.39 is 4.92 Å². The van der Waals surface area contributed by atoms with Crippen LogP contribution in [0.5, 0.6) is 5.75 Å². The Bertz CT molecular complexity index is 581. The van der Waals surface area contributed by atoms with Crippen molar-refractivity contribution in [3.63, 3.8) is 0 Å². The van der Waals surface area contributed by atoms with E-state index in [0.717, 1.165) is 11.3 Å². The Morgan fingerprint density at radius 1 is 1.16 bits per heavy atom. The summed E-state index contributed by atoms with van der Waals surface area (Å²) in [6.07, 6.45) is 0. The molecule has 0 bridgehead atoms. The molecule has 0 fully saturated rings. The van der Waals surface area contributed by atoms with Crippen molar-refractivity contribution < 1.29 is 10.0 Å². The maximum absolute atomic E-state index is 10.6. The van der Waals surface area contributed by atoms with Crippen molar-refractivity contribution >= 4 is 11.4 Å². The molecule has 0 saturated heterocycles. The quantitative estimate of drug-likeness (QED) is 0.650. The second-order valence-corrected chi connectivity index (χ2v) is 4.23. The fourth-order valence-corrected chi connectivity index (χ4v) is 1.86. The lowest BCUT2D eigenvalue weighted by molar-refractivity contribution is -0.384.